The summed E-state index contributed by atoms with van der Waals surface area (Å²) in [5.74, 6) is -0.422. The summed E-state index contributed by atoms with van der Waals surface area (Å²) in [4.78, 5) is 11.6. The van der Waals surface area contributed by atoms with Gasteiger partial charge in [-0.3, -0.25) is 4.79 Å². The molecule has 0 spiro atoms. The molecule has 16 heavy (non-hydrogen) atoms. The molecule has 2 nitrogen and oxygen atoms in total. The zero-order valence-electron chi connectivity index (χ0n) is 8.59. The fourth-order valence-electron chi connectivity index (χ4n) is 1.39. The fraction of sp³-hybridized carbons (Fsp3) is 0. The van der Waals surface area contributed by atoms with Gasteiger partial charge in [0.15, 0.2) is 0 Å². The molecule has 80 valence electrons. The SMILES string of the molecule is NC(=O)/C=C\c1cc(-c2ccccc2)cs1. The van der Waals surface area contributed by atoms with Crippen molar-refractivity contribution in [2.75, 3.05) is 0 Å². The number of thiophene rings is 1. The number of benzene rings is 1. The zero-order chi connectivity index (χ0) is 11.4. The van der Waals surface area contributed by atoms with Crippen LogP contribution in [0.3, 0.4) is 0 Å². The summed E-state index contributed by atoms with van der Waals surface area (Å²) in [6.45, 7) is 0. The van der Waals surface area contributed by atoms with Gasteiger partial charge >= 0.3 is 0 Å². The third-order valence-electron chi connectivity index (χ3n) is 2.14. The largest absolute Gasteiger partial charge is 0.366 e. The quantitative estimate of drug-likeness (QED) is 0.808. The van der Waals surface area contributed by atoms with Crippen molar-refractivity contribution in [1.82, 2.24) is 0 Å². The average molecular weight is 229 g/mol. The van der Waals surface area contributed by atoms with E-state index in [-0.39, 0.29) is 0 Å². The lowest BCUT2D eigenvalue weighted by Crippen LogP contribution is -2.04. The zero-order valence-corrected chi connectivity index (χ0v) is 9.41. The van der Waals surface area contributed by atoms with E-state index < -0.39 is 5.91 Å². The van der Waals surface area contributed by atoms with E-state index in [0.29, 0.717) is 0 Å². The van der Waals surface area contributed by atoms with Crippen molar-refractivity contribution in [2.24, 2.45) is 5.73 Å². The molecule has 0 aliphatic carbocycles. The van der Waals surface area contributed by atoms with E-state index in [1.807, 2.05) is 24.3 Å². The van der Waals surface area contributed by atoms with Crippen molar-refractivity contribution >= 4 is 23.3 Å². The second-order valence-corrected chi connectivity index (χ2v) is 4.28. The van der Waals surface area contributed by atoms with Gasteiger partial charge in [0.2, 0.25) is 5.91 Å². The van der Waals surface area contributed by atoms with Crippen molar-refractivity contribution in [2.45, 2.75) is 0 Å². The average Bonchev–Trinajstić information content (AvgIpc) is 2.76. The summed E-state index contributed by atoms with van der Waals surface area (Å²) in [5, 5.41) is 2.07. The lowest BCUT2D eigenvalue weighted by Gasteiger charge is -1.94. The Morgan fingerprint density at radius 1 is 1.19 bits per heavy atom. The minimum absolute atomic E-state index is 0.422. The number of hydrogen-bond donors (Lipinski definition) is 1. The topological polar surface area (TPSA) is 43.1 Å². The van der Waals surface area contributed by atoms with Crippen molar-refractivity contribution in [3.63, 3.8) is 0 Å². The first kappa shape index (κ1) is 10.6. The Hall–Kier alpha value is -1.87. The van der Waals surface area contributed by atoms with E-state index >= 15 is 0 Å². The third kappa shape index (κ3) is 2.58. The highest BCUT2D eigenvalue weighted by Crippen LogP contribution is 2.25. The Labute approximate surface area is 98.0 Å². The molecule has 0 unspecified atom stereocenters. The van der Waals surface area contributed by atoms with Crippen LogP contribution in [0.4, 0.5) is 0 Å². The summed E-state index contributed by atoms with van der Waals surface area (Å²) in [6, 6.07) is 12.2. The number of rotatable bonds is 3. The molecule has 3 heteroatoms. The normalized spacial score (nSPS) is 10.8. The maximum atomic E-state index is 10.6. The molecule has 0 aliphatic rings. The lowest BCUT2D eigenvalue weighted by atomic mass is 10.1. The molecule has 1 aromatic heterocycles. The number of nitrogens with two attached hydrogens (primary N) is 1. The number of carbonyl (C=O) groups is 1. The summed E-state index contributed by atoms with van der Waals surface area (Å²) in [6.07, 6.45) is 3.11. The van der Waals surface area contributed by atoms with Gasteiger partial charge in [0.25, 0.3) is 0 Å². The molecule has 0 aliphatic heterocycles. The van der Waals surface area contributed by atoms with Gasteiger partial charge in [-0.25, -0.2) is 0 Å². The molecule has 0 fully saturated rings. The second kappa shape index (κ2) is 4.77. The van der Waals surface area contributed by atoms with Crippen LogP contribution in [0.5, 0.6) is 0 Å². The van der Waals surface area contributed by atoms with E-state index in [0.717, 1.165) is 10.4 Å². The molecule has 0 saturated carbocycles. The molecule has 1 heterocycles. The summed E-state index contributed by atoms with van der Waals surface area (Å²) in [5.41, 5.74) is 7.38. The molecule has 0 saturated heterocycles. The first-order chi connectivity index (χ1) is 7.75. The van der Waals surface area contributed by atoms with Gasteiger partial charge in [-0.2, -0.15) is 0 Å². The highest BCUT2D eigenvalue weighted by atomic mass is 32.1. The molecule has 2 aromatic rings. The van der Waals surface area contributed by atoms with Crippen LogP contribution in [-0.2, 0) is 4.79 Å². The van der Waals surface area contributed by atoms with Crippen LogP contribution in [0.2, 0.25) is 0 Å². The number of carbonyl (C=O) groups excluding carboxylic acids is 1. The van der Waals surface area contributed by atoms with Gasteiger partial charge in [0, 0.05) is 11.0 Å². The van der Waals surface area contributed by atoms with Gasteiger partial charge in [-0.15, -0.1) is 11.3 Å². The number of primary amides is 1. The van der Waals surface area contributed by atoms with Crippen LogP contribution in [0, 0.1) is 0 Å². The molecule has 0 radical (unpaired) electrons. The summed E-state index contributed by atoms with van der Waals surface area (Å²) < 4.78 is 0. The van der Waals surface area contributed by atoms with Crippen molar-refractivity contribution < 1.29 is 4.79 Å². The summed E-state index contributed by atoms with van der Waals surface area (Å²) in [7, 11) is 0. The van der Waals surface area contributed by atoms with Gasteiger partial charge < -0.3 is 5.73 Å². The molecule has 2 rings (SSSR count). The minimum atomic E-state index is -0.422. The molecule has 2 N–H and O–H groups in total. The minimum Gasteiger partial charge on any atom is -0.366 e. The van der Waals surface area contributed by atoms with Crippen LogP contribution in [-0.4, -0.2) is 5.91 Å². The van der Waals surface area contributed by atoms with Crippen LogP contribution in [0.25, 0.3) is 17.2 Å². The first-order valence-corrected chi connectivity index (χ1v) is 5.75. The summed E-state index contributed by atoms with van der Waals surface area (Å²) >= 11 is 1.59. The number of amides is 1. The van der Waals surface area contributed by atoms with Crippen molar-refractivity contribution in [1.29, 1.82) is 0 Å². The van der Waals surface area contributed by atoms with Gasteiger partial charge in [0.1, 0.15) is 0 Å². The van der Waals surface area contributed by atoms with Crippen LogP contribution < -0.4 is 5.73 Å². The molecule has 1 amide bonds. The van der Waals surface area contributed by atoms with Crippen LogP contribution >= 0.6 is 11.3 Å². The first-order valence-electron chi connectivity index (χ1n) is 4.87. The highest BCUT2D eigenvalue weighted by Gasteiger charge is 1.99. The van der Waals surface area contributed by atoms with Gasteiger partial charge in [-0.1, -0.05) is 30.3 Å². The Morgan fingerprint density at radius 2 is 1.94 bits per heavy atom. The van der Waals surface area contributed by atoms with E-state index in [9.17, 15) is 4.79 Å². The van der Waals surface area contributed by atoms with Crippen molar-refractivity contribution in [3.05, 3.63) is 52.7 Å². The second-order valence-electron chi connectivity index (χ2n) is 3.34. The standard InChI is InChI=1S/C13H11NOS/c14-13(15)7-6-12-8-11(9-16-12)10-4-2-1-3-5-10/h1-9H,(H2,14,15)/b7-6-. The maximum absolute atomic E-state index is 10.6. The maximum Gasteiger partial charge on any atom is 0.241 e. The highest BCUT2D eigenvalue weighted by molar-refractivity contribution is 7.11. The number of hydrogen-bond acceptors (Lipinski definition) is 2. The Kier molecular flexibility index (Phi) is 3.17. The molecular weight excluding hydrogens is 218 g/mol. The smallest absolute Gasteiger partial charge is 0.241 e. The monoisotopic (exact) mass is 229 g/mol. The van der Waals surface area contributed by atoms with Crippen LogP contribution in [0.1, 0.15) is 4.88 Å². The van der Waals surface area contributed by atoms with Gasteiger partial charge in [-0.05, 0) is 28.6 Å². The van der Waals surface area contributed by atoms with Crippen LogP contribution in [0.15, 0.2) is 47.9 Å². The molecule has 0 atom stereocenters. The Bertz CT molecular complexity index is 514. The van der Waals surface area contributed by atoms with Gasteiger partial charge in [0.05, 0.1) is 0 Å². The molecule has 0 bridgehead atoms. The van der Waals surface area contributed by atoms with E-state index in [2.05, 4.69) is 17.5 Å². The van der Waals surface area contributed by atoms with E-state index in [1.54, 1.807) is 17.4 Å². The van der Waals surface area contributed by atoms with E-state index in [1.165, 1.54) is 11.6 Å². The Morgan fingerprint density at radius 3 is 2.62 bits per heavy atom. The predicted molar refractivity (Wildman–Crippen MR) is 68.0 cm³/mol. The lowest BCUT2D eigenvalue weighted by molar-refractivity contribution is -0.113. The molecule has 1 aromatic carbocycles. The van der Waals surface area contributed by atoms with Crippen molar-refractivity contribution in [3.8, 4) is 11.1 Å². The third-order valence-corrected chi connectivity index (χ3v) is 3.04. The Balaban J connectivity index is 2.23. The molecular formula is C13H11NOS. The van der Waals surface area contributed by atoms with E-state index in [4.69, 9.17) is 5.73 Å². The predicted octanol–water partition coefficient (Wildman–Crippen LogP) is 2.91. The fourth-order valence-corrected chi connectivity index (χ4v) is 2.20.